The number of alkyl halides is 3. The van der Waals surface area contributed by atoms with E-state index in [1.807, 2.05) is 20.8 Å². The number of nitrogens with one attached hydrogen (secondary N) is 1. The van der Waals surface area contributed by atoms with Gasteiger partial charge >= 0.3 is 6.18 Å². The summed E-state index contributed by atoms with van der Waals surface area (Å²) in [6.07, 6.45) is -3.01. The van der Waals surface area contributed by atoms with Crippen molar-refractivity contribution in [2.45, 2.75) is 33.5 Å². The maximum absolute atomic E-state index is 13.1. The van der Waals surface area contributed by atoms with Crippen molar-refractivity contribution in [2.24, 2.45) is 5.41 Å². The summed E-state index contributed by atoms with van der Waals surface area (Å²) in [5.41, 5.74) is -0.966. The van der Waals surface area contributed by atoms with E-state index in [1.165, 1.54) is 10.7 Å². The van der Waals surface area contributed by atoms with E-state index in [0.717, 1.165) is 12.1 Å². The van der Waals surface area contributed by atoms with Crippen LogP contribution in [-0.2, 0) is 22.3 Å². The summed E-state index contributed by atoms with van der Waals surface area (Å²) < 4.78 is 51.9. The van der Waals surface area contributed by atoms with Crippen LogP contribution in [0.2, 0.25) is 0 Å². The highest BCUT2D eigenvalue weighted by Crippen LogP contribution is 2.32. The fourth-order valence-corrected chi connectivity index (χ4v) is 3.65. The average molecular weight is 520 g/mol. The van der Waals surface area contributed by atoms with Crippen molar-refractivity contribution < 1.29 is 32.2 Å². The molecular weight excluding hydrogens is 491 g/mol. The first-order valence-corrected chi connectivity index (χ1v) is 11.7. The minimum Gasteiger partial charge on any atom is -0.491 e. The highest BCUT2D eigenvalue weighted by molar-refractivity contribution is 6.05. The number of fused-ring (bicyclic) bond motifs is 1. The van der Waals surface area contributed by atoms with E-state index in [2.05, 4.69) is 15.4 Å². The predicted octanol–water partition coefficient (Wildman–Crippen LogP) is 3.99. The molecule has 0 radical (unpaired) electrons. The van der Waals surface area contributed by atoms with Gasteiger partial charge in [0.2, 0.25) is 5.91 Å². The Labute approximate surface area is 211 Å². The normalized spacial score (nSPS) is 14.6. The molecule has 0 aliphatic carbocycles. The van der Waals surface area contributed by atoms with Crippen LogP contribution in [0.15, 0.2) is 36.5 Å². The lowest BCUT2D eigenvalue weighted by Crippen LogP contribution is -2.42. The third-order valence-corrected chi connectivity index (χ3v) is 5.50. The molecule has 2 aromatic heterocycles. The molecule has 3 aromatic rings. The van der Waals surface area contributed by atoms with Gasteiger partial charge in [-0.3, -0.25) is 14.3 Å². The maximum atomic E-state index is 13.1. The minimum absolute atomic E-state index is 0.0305. The fourth-order valence-electron chi connectivity index (χ4n) is 3.65. The van der Waals surface area contributed by atoms with E-state index in [0.29, 0.717) is 49.6 Å². The minimum atomic E-state index is -4.68. The van der Waals surface area contributed by atoms with Crippen molar-refractivity contribution in [1.82, 2.24) is 19.7 Å². The summed E-state index contributed by atoms with van der Waals surface area (Å²) in [5.74, 6) is -0.613. The smallest absolute Gasteiger partial charge is 0.433 e. The van der Waals surface area contributed by atoms with E-state index < -0.39 is 17.8 Å². The first-order chi connectivity index (χ1) is 17.4. The number of carbonyl (C=O) groups excluding carboxylic acids is 2. The molecule has 1 N–H and O–H groups in total. The second-order valence-corrected chi connectivity index (χ2v) is 9.94. The Morgan fingerprint density at radius 1 is 1.14 bits per heavy atom. The summed E-state index contributed by atoms with van der Waals surface area (Å²) in [7, 11) is 0. The Bertz CT molecular complexity index is 1290. The Kier molecular flexibility index (Phi) is 7.39. The van der Waals surface area contributed by atoms with Crippen molar-refractivity contribution >= 4 is 28.4 Å². The van der Waals surface area contributed by atoms with Crippen LogP contribution in [0.4, 0.5) is 18.9 Å². The fraction of sp³-hybridized carbons (Fsp3) is 0.440. The molecule has 0 saturated carbocycles. The summed E-state index contributed by atoms with van der Waals surface area (Å²) >= 11 is 0. The molecule has 0 atom stereocenters. The molecule has 2 amide bonds. The van der Waals surface area contributed by atoms with Crippen molar-refractivity contribution in [3.05, 3.63) is 47.9 Å². The van der Waals surface area contributed by atoms with E-state index in [9.17, 15) is 22.8 Å². The molecule has 0 unspecified atom stereocenters. The largest absolute Gasteiger partial charge is 0.491 e. The van der Waals surface area contributed by atoms with Crippen molar-refractivity contribution in [3.8, 4) is 5.75 Å². The monoisotopic (exact) mass is 519 g/mol. The molecule has 0 bridgehead atoms. The Hall–Kier alpha value is -3.67. The zero-order chi connectivity index (χ0) is 26.8. The first kappa shape index (κ1) is 26.4. The van der Waals surface area contributed by atoms with Gasteiger partial charge in [-0.2, -0.15) is 18.3 Å². The summed E-state index contributed by atoms with van der Waals surface area (Å²) in [6.45, 7) is 8.28. The summed E-state index contributed by atoms with van der Waals surface area (Å²) in [6, 6.07) is 6.37. The Morgan fingerprint density at radius 3 is 2.54 bits per heavy atom. The lowest BCUT2D eigenvalue weighted by atomic mass is 9.99. The van der Waals surface area contributed by atoms with Crippen LogP contribution in [0, 0.1) is 5.41 Å². The Morgan fingerprint density at radius 2 is 1.86 bits per heavy atom. The van der Waals surface area contributed by atoms with Gasteiger partial charge in [0.25, 0.3) is 5.91 Å². The number of benzene rings is 1. The third-order valence-electron chi connectivity index (χ3n) is 5.50. The van der Waals surface area contributed by atoms with Gasteiger partial charge in [0.05, 0.1) is 31.0 Å². The van der Waals surface area contributed by atoms with Crippen molar-refractivity contribution in [2.75, 3.05) is 38.2 Å². The van der Waals surface area contributed by atoms with Crippen LogP contribution < -0.4 is 10.1 Å². The zero-order valence-corrected chi connectivity index (χ0v) is 20.8. The molecule has 37 heavy (non-hydrogen) atoms. The van der Waals surface area contributed by atoms with Gasteiger partial charge in [-0.05, 0) is 23.6 Å². The lowest BCUT2D eigenvalue weighted by molar-refractivity contribution is -0.141. The molecule has 1 saturated heterocycles. The SMILES string of the molecule is CC(C)(C)COc1cc2nn(CC(=O)N3CCOCC3)cc2cc1NC(=O)c1cccc(C(F)(F)F)n1. The zero-order valence-electron chi connectivity index (χ0n) is 20.8. The topological polar surface area (TPSA) is 98.6 Å². The second-order valence-electron chi connectivity index (χ2n) is 9.94. The molecule has 4 rings (SSSR count). The van der Waals surface area contributed by atoms with Gasteiger partial charge in [0.15, 0.2) is 0 Å². The number of ether oxygens (including phenoxy) is 2. The molecule has 3 heterocycles. The molecule has 198 valence electrons. The predicted molar refractivity (Wildman–Crippen MR) is 129 cm³/mol. The van der Waals surface area contributed by atoms with Crippen molar-refractivity contribution in [3.63, 3.8) is 0 Å². The number of hydrogen-bond donors (Lipinski definition) is 1. The molecule has 12 heteroatoms. The number of nitrogens with zero attached hydrogens (tertiary/aromatic N) is 4. The number of carbonyl (C=O) groups is 2. The van der Waals surface area contributed by atoms with Crippen LogP contribution in [0.25, 0.3) is 10.9 Å². The maximum Gasteiger partial charge on any atom is 0.433 e. The molecule has 1 aliphatic rings. The van der Waals surface area contributed by atoms with Crippen molar-refractivity contribution in [1.29, 1.82) is 0 Å². The first-order valence-electron chi connectivity index (χ1n) is 11.7. The van der Waals surface area contributed by atoms with Gasteiger partial charge in [-0.15, -0.1) is 0 Å². The number of halogens is 3. The van der Waals surface area contributed by atoms with E-state index >= 15 is 0 Å². The lowest BCUT2D eigenvalue weighted by Gasteiger charge is -2.26. The van der Waals surface area contributed by atoms with Crippen LogP contribution in [0.3, 0.4) is 0 Å². The number of pyridine rings is 1. The van der Waals surface area contributed by atoms with Gasteiger partial charge < -0.3 is 19.7 Å². The number of amides is 2. The van der Waals surface area contributed by atoms with Crippen LogP contribution >= 0.6 is 0 Å². The van der Waals surface area contributed by atoms with Crippen LogP contribution in [0.5, 0.6) is 5.75 Å². The van der Waals surface area contributed by atoms with Crippen LogP contribution in [0.1, 0.15) is 37.0 Å². The quantitative estimate of drug-likeness (QED) is 0.529. The summed E-state index contributed by atoms with van der Waals surface area (Å²) in [5, 5.41) is 7.71. The van der Waals surface area contributed by atoms with E-state index in [1.54, 1.807) is 23.2 Å². The average Bonchev–Trinajstić information content (AvgIpc) is 3.23. The van der Waals surface area contributed by atoms with Gasteiger partial charge in [0.1, 0.15) is 23.7 Å². The van der Waals surface area contributed by atoms with Gasteiger partial charge in [-0.1, -0.05) is 26.8 Å². The molecule has 1 fully saturated rings. The highest BCUT2D eigenvalue weighted by Gasteiger charge is 2.33. The van der Waals surface area contributed by atoms with Gasteiger partial charge in [-0.25, -0.2) is 4.98 Å². The molecule has 1 aliphatic heterocycles. The summed E-state index contributed by atoms with van der Waals surface area (Å²) in [4.78, 5) is 30.6. The molecule has 9 nitrogen and oxygen atoms in total. The number of hydrogen-bond acceptors (Lipinski definition) is 6. The second kappa shape index (κ2) is 10.4. The van der Waals surface area contributed by atoms with Crippen LogP contribution in [-0.4, -0.2) is 64.4 Å². The Balaban J connectivity index is 1.61. The van der Waals surface area contributed by atoms with Gasteiger partial charge in [0, 0.05) is 30.7 Å². The number of anilines is 1. The molecule has 1 aromatic carbocycles. The third kappa shape index (κ3) is 6.76. The standard InChI is InChI=1S/C25H28F3N5O4/c1-24(2,3)15-37-20-12-18-16(13-33(31-18)14-22(34)32-7-9-36-10-8-32)11-19(20)30-23(35)17-5-4-6-21(29-17)25(26,27)28/h4-6,11-13H,7-10,14-15H2,1-3H3,(H,30,35). The van der Waals surface area contributed by atoms with E-state index in [4.69, 9.17) is 9.47 Å². The number of morpholine rings is 1. The molecular formula is C25H28F3N5O4. The highest BCUT2D eigenvalue weighted by atomic mass is 19.4. The van der Waals surface area contributed by atoms with E-state index in [-0.39, 0.29) is 29.2 Å². The number of rotatable bonds is 6. The number of aromatic nitrogens is 3. The molecule has 0 spiro atoms.